The van der Waals surface area contributed by atoms with Crippen molar-refractivity contribution in [3.8, 4) is 11.5 Å². The summed E-state index contributed by atoms with van der Waals surface area (Å²) in [6.07, 6.45) is 2.08. The lowest BCUT2D eigenvalue weighted by Crippen LogP contribution is -2.19. The molecule has 3 rings (SSSR count). The fourth-order valence-electron chi connectivity index (χ4n) is 2.73. The van der Waals surface area contributed by atoms with Crippen LogP contribution in [0.3, 0.4) is 0 Å². The summed E-state index contributed by atoms with van der Waals surface area (Å²) in [7, 11) is 0. The predicted molar refractivity (Wildman–Crippen MR) is 82.8 cm³/mol. The SMILES string of the molecule is CC(C)(C)c1nc2cc3c(cc2n1CCCCN)OCO3. The molecule has 21 heavy (non-hydrogen) atoms. The van der Waals surface area contributed by atoms with Crippen molar-refractivity contribution in [2.24, 2.45) is 5.73 Å². The minimum Gasteiger partial charge on any atom is -0.454 e. The molecule has 1 aromatic heterocycles. The number of imidazole rings is 1. The molecule has 0 saturated heterocycles. The van der Waals surface area contributed by atoms with Gasteiger partial charge in [0.2, 0.25) is 6.79 Å². The Morgan fingerprint density at radius 2 is 1.90 bits per heavy atom. The third-order valence-electron chi connectivity index (χ3n) is 3.75. The van der Waals surface area contributed by atoms with Crippen molar-refractivity contribution in [3.05, 3.63) is 18.0 Å². The number of ether oxygens (including phenoxy) is 2. The maximum Gasteiger partial charge on any atom is 0.231 e. The van der Waals surface area contributed by atoms with Crippen molar-refractivity contribution in [1.29, 1.82) is 0 Å². The van der Waals surface area contributed by atoms with E-state index < -0.39 is 0 Å². The first-order valence-electron chi connectivity index (χ1n) is 7.51. The molecule has 0 radical (unpaired) electrons. The number of rotatable bonds is 4. The van der Waals surface area contributed by atoms with Crippen molar-refractivity contribution in [2.45, 2.75) is 45.6 Å². The van der Waals surface area contributed by atoms with Gasteiger partial charge in [0, 0.05) is 24.1 Å². The molecule has 0 fully saturated rings. The molecule has 0 spiro atoms. The first kappa shape index (κ1) is 14.2. The molecule has 5 nitrogen and oxygen atoms in total. The molecule has 0 amide bonds. The minimum absolute atomic E-state index is 0.00606. The summed E-state index contributed by atoms with van der Waals surface area (Å²) in [5, 5.41) is 0. The summed E-state index contributed by atoms with van der Waals surface area (Å²) in [6, 6.07) is 4.02. The fraction of sp³-hybridized carbons (Fsp3) is 0.562. The number of hydrogen-bond donors (Lipinski definition) is 1. The predicted octanol–water partition coefficient (Wildman–Crippen LogP) is 2.80. The Morgan fingerprint density at radius 3 is 2.57 bits per heavy atom. The molecule has 1 aromatic carbocycles. The van der Waals surface area contributed by atoms with E-state index in [9.17, 15) is 0 Å². The van der Waals surface area contributed by atoms with Crippen molar-refractivity contribution < 1.29 is 9.47 Å². The zero-order chi connectivity index (χ0) is 15.0. The molecular formula is C16H23N3O2. The monoisotopic (exact) mass is 289 g/mol. The number of benzene rings is 1. The van der Waals surface area contributed by atoms with E-state index in [0.717, 1.165) is 54.3 Å². The Bertz CT molecular complexity index is 656. The van der Waals surface area contributed by atoms with Crippen LogP contribution in [-0.2, 0) is 12.0 Å². The second-order valence-corrected chi connectivity index (χ2v) is 6.53. The maximum atomic E-state index is 5.62. The van der Waals surface area contributed by atoms with E-state index in [-0.39, 0.29) is 5.41 Å². The van der Waals surface area contributed by atoms with Crippen LogP contribution in [0.1, 0.15) is 39.4 Å². The molecule has 2 N–H and O–H groups in total. The van der Waals surface area contributed by atoms with Gasteiger partial charge in [-0.15, -0.1) is 0 Å². The van der Waals surface area contributed by atoms with Crippen LogP contribution in [-0.4, -0.2) is 22.9 Å². The van der Waals surface area contributed by atoms with Crippen LogP contribution in [0.5, 0.6) is 11.5 Å². The standard InChI is InChI=1S/C16H23N3O2/c1-16(2,3)15-18-11-8-13-14(21-10-20-13)9-12(11)19(15)7-5-4-6-17/h8-9H,4-7,10,17H2,1-3H3. The highest BCUT2D eigenvalue weighted by atomic mass is 16.7. The number of nitrogens with two attached hydrogens (primary N) is 1. The van der Waals surface area contributed by atoms with E-state index in [1.807, 2.05) is 12.1 Å². The average molecular weight is 289 g/mol. The quantitative estimate of drug-likeness (QED) is 0.879. The van der Waals surface area contributed by atoms with Gasteiger partial charge >= 0.3 is 0 Å². The first-order valence-corrected chi connectivity index (χ1v) is 7.51. The maximum absolute atomic E-state index is 5.62. The third kappa shape index (κ3) is 2.58. The van der Waals surface area contributed by atoms with Crippen LogP contribution in [0.25, 0.3) is 11.0 Å². The highest BCUT2D eigenvalue weighted by Crippen LogP contribution is 2.37. The molecule has 5 heteroatoms. The highest BCUT2D eigenvalue weighted by Gasteiger charge is 2.25. The Kier molecular flexibility index (Phi) is 3.53. The van der Waals surface area contributed by atoms with Gasteiger partial charge in [0.25, 0.3) is 0 Å². The van der Waals surface area contributed by atoms with Crippen molar-refractivity contribution in [1.82, 2.24) is 9.55 Å². The van der Waals surface area contributed by atoms with Crippen LogP contribution < -0.4 is 15.2 Å². The van der Waals surface area contributed by atoms with Crippen LogP contribution in [0, 0.1) is 0 Å². The van der Waals surface area contributed by atoms with Crippen LogP contribution >= 0.6 is 0 Å². The van der Waals surface area contributed by atoms with Gasteiger partial charge in [0.15, 0.2) is 11.5 Å². The Labute approximate surface area is 125 Å². The van der Waals surface area contributed by atoms with Crippen molar-refractivity contribution in [2.75, 3.05) is 13.3 Å². The summed E-state index contributed by atoms with van der Waals surface area (Å²) >= 11 is 0. The molecule has 114 valence electrons. The van der Waals surface area contributed by atoms with Gasteiger partial charge in [-0.3, -0.25) is 0 Å². The van der Waals surface area contributed by atoms with E-state index in [1.54, 1.807) is 0 Å². The summed E-state index contributed by atoms with van der Waals surface area (Å²) in [6.45, 7) is 8.52. The number of aryl methyl sites for hydroxylation is 1. The van der Waals surface area contributed by atoms with E-state index in [0.29, 0.717) is 6.79 Å². The fourth-order valence-corrected chi connectivity index (χ4v) is 2.73. The number of hydrogen-bond acceptors (Lipinski definition) is 4. The molecule has 0 saturated carbocycles. The summed E-state index contributed by atoms with van der Waals surface area (Å²) in [5.74, 6) is 2.69. The van der Waals surface area contributed by atoms with Gasteiger partial charge in [-0.25, -0.2) is 4.98 Å². The van der Waals surface area contributed by atoms with Gasteiger partial charge in [-0.2, -0.15) is 0 Å². The topological polar surface area (TPSA) is 62.3 Å². The van der Waals surface area contributed by atoms with Crippen molar-refractivity contribution in [3.63, 3.8) is 0 Å². The molecule has 0 atom stereocenters. The van der Waals surface area contributed by atoms with Gasteiger partial charge < -0.3 is 19.8 Å². The number of unbranched alkanes of at least 4 members (excludes halogenated alkanes) is 1. The van der Waals surface area contributed by atoms with E-state index in [1.165, 1.54) is 0 Å². The molecular weight excluding hydrogens is 266 g/mol. The normalized spacial score (nSPS) is 14.1. The average Bonchev–Trinajstić information content (AvgIpc) is 3.00. The molecule has 0 unspecified atom stereocenters. The molecule has 2 heterocycles. The zero-order valence-electron chi connectivity index (χ0n) is 13.0. The van der Waals surface area contributed by atoms with E-state index in [4.69, 9.17) is 20.2 Å². The van der Waals surface area contributed by atoms with E-state index >= 15 is 0 Å². The summed E-state index contributed by atoms with van der Waals surface area (Å²) in [4.78, 5) is 4.84. The number of nitrogens with zero attached hydrogens (tertiary/aromatic N) is 2. The number of aromatic nitrogens is 2. The number of fused-ring (bicyclic) bond motifs is 2. The Hall–Kier alpha value is -1.75. The summed E-state index contributed by atoms with van der Waals surface area (Å²) in [5.41, 5.74) is 7.69. The molecule has 2 aromatic rings. The van der Waals surface area contributed by atoms with Gasteiger partial charge in [-0.1, -0.05) is 20.8 Å². The van der Waals surface area contributed by atoms with E-state index in [2.05, 4.69) is 25.3 Å². The largest absolute Gasteiger partial charge is 0.454 e. The highest BCUT2D eigenvalue weighted by molar-refractivity contribution is 5.81. The lowest BCUT2D eigenvalue weighted by Gasteiger charge is -2.20. The molecule has 1 aliphatic heterocycles. The van der Waals surface area contributed by atoms with Crippen LogP contribution in [0.15, 0.2) is 12.1 Å². The van der Waals surface area contributed by atoms with Crippen LogP contribution in [0.2, 0.25) is 0 Å². The van der Waals surface area contributed by atoms with Gasteiger partial charge in [0.05, 0.1) is 11.0 Å². The first-order chi connectivity index (χ1) is 10.0. The second kappa shape index (κ2) is 5.22. The van der Waals surface area contributed by atoms with Crippen LogP contribution in [0.4, 0.5) is 0 Å². The minimum atomic E-state index is -0.00606. The smallest absolute Gasteiger partial charge is 0.231 e. The summed E-state index contributed by atoms with van der Waals surface area (Å²) < 4.78 is 13.2. The molecule has 0 bridgehead atoms. The van der Waals surface area contributed by atoms with Gasteiger partial charge in [0.1, 0.15) is 5.82 Å². The lowest BCUT2D eigenvalue weighted by atomic mass is 9.95. The lowest BCUT2D eigenvalue weighted by molar-refractivity contribution is 0.174. The Balaban J connectivity index is 2.10. The Morgan fingerprint density at radius 1 is 1.19 bits per heavy atom. The van der Waals surface area contributed by atoms with Gasteiger partial charge in [-0.05, 0) is 19.4 Å². The molecule has 0 aliphatic carbocycles. The third-order valence-corrected chi connectivity index (χ3v) is 3.75. The second-order valence-electron chi connectivity index (χ2n) is 6.53. The zero-order valence-corrected chi connectivity index (χ0v) is 13.0. The van der Waals surface area contributed by atoms with Crippen molar-refractivity contribution >= 4 is 11.0 Å². The molecule has 1 aliphatic rings.